The van der Waals surface area contributed by atoms with Crippen LogP contribution in [0.1, 0.15) is 21.9 Å². The Morgan fingerprint density at radius 3 is 2.42 bits per heavy atom. The van der Waals surface area contributed by atoms with Crippen molar-refractivity contribution in [2.45, 2.75) is 13.2 Å². The summed E-state index contributed by atoms with van der Waals surface area (Å²) < 4.78 is 11.4. The number of benzene rings is 2. The van der Waals surface area contributed by atoms with Crippen LogP contribution in [0.2, 0.25) is 15.1 Å². The molecule has 2 heterocycles. The first-order chi connectivity index (χ1) is 15.0. The van der Waals surface area contributed by atoms with Crippen LogP contribution in [0.4, 0.5) is 0 Å². The monoisotopic (exact) mass is 478 g/mol. The van der Waals surface area contributed by atoms with Crippen molar-refractivity contribution >= 4 is 40.7 Å². The maximum atomic E-state index is 12.8. The Balaban J connectivity index is 1.28. The summed E-state index contributed by atoms with van der Waals surface area (Å²) in [6.07, 6.45) is 0. The van der Waals surface area contributed by atoms with Crippen LogP contribution in [-0.2, 0) is 13.2 Å². The average molecular weight is 480 g/mol. The first-order valence-electron chi connectivity index (χ1n) is 9.91. The fraction of sp³-hybridized carbons (Fsp3) is 0.261. The van der Waals surface area contributed by atoms with Gasteiger partial charge in [0.1, 0.15) is 18.1 Å². The van der Waals surface area contributed by atoms with Crippen LogP contribution in [0.5, 0.6) is 5.75 Å². The number of hydrogen-bond donors (Lipinski definition) is 0. The zero-order valence-corrected chi connectivity index (χ0v) is 19.0. The van der Waals surface area contributed by atoms with E-state index in [-0.39, 0.29) is 12.5 Å². The molecule has 1 aliphatic heterocycles. The maximum Gasteiger partial charge on any atom is 0.289 e. The van der Waals surface area contributed by atoms with E-state index in [0.29, 0.717) is 45.4 Å². The van der Waals surface area contributed by atoms with Crippen LogP contribution < -0.4 is 4.74 Å². The number of ether oxygens (including phenoxy) is 1. The van der Waals surface area contributed by atoms with Gasteiger partial charge in [0.25, 0.3) is 5.91 Å². The van der Waals surface area contributed by atoms with Crippen molar-refractivity contribution in [1.29, 1.82) is 0 Å². The number of piperazine rings is 1. The van der Waals surface area contributed by atoms with Gasteiger partial charge in [-0.25, -0.2) is 0 Å². The number of carbonyl (C=O) groups excluding carboxylic acids is 1. The van der Waals surface area contributed by atoms with Crippen LogP contribution in [0.3, 0.4) is 0 Å². The fourth-order valence-electron chi connectivity index (χ4n) is 3.44. The van der Waals surface area contributed by atoms with E-state index in [2.05, 4.69) is 4.90 Å². The number of halogens is 3. The van der Waals surface area contributed by atoms with Gasteiger partial charge in [-0.1, -0.05) is 53.0 Å². The molecule has 0 bridgehead atoms. The second kappa shape index (κ2) is 9.96. The lowest BCUT2D eigenvalue weighted by Gasteiger charge is -2.34. The van der Waals surface area contributed by atoms with Crippen molar-refractivity contribution in [2.75, 3.05) is 26.2 Å². The van der Waals surface area contributed by atoms with Gasteiger partial charge >= 0.3 is 0 Å². The summed E-state index contributed by atoms with van der Waals surface area (Å²) in [5.74, 6) is 1.35. The third kappa shape index (κ3) is 5.55. The zero-order chi connectivity index (χ0) is 21.8. The molecule has 2 aromatic carbocycles. The van der Waals surface area contributed by atoms with Crippen LogP contribution >= 0.6 is 34.8 Å². The molecule has 8 heteroatoms. The average Bonchev–Trinajstić information content (AvgIpc) is 3.25. The number of amides is 1. The molecule has 162 valence electrons. The normalized spacial score (nSPS) is 14.6. The van der Waals surface area contributed by atoms with Gasteiger partial charge in [-0.3, -0.25) is 9.69 Å². The van der Waals surface area contributed by atoms with Gasteiger partial charge in [0, 0.05) is 32.7 Å². The second-order valence-electron chi connectivity index (χ2n) is 7.30. The molecule has 0 saturated carbocycles. The first kappa shape index (κ1) is 22.0. The van der Waals surface area contributed by atoms with Crippen molar-refractivity contribution in [3.63, 3.8) is 0 Å². The quantitative estimate of drug-likeness (QED) is 0.450. The van der Waals surface area contributed by atoms with Gasteiger partial charge in [0.05, 0.1) is 15.1 Å². The highest BCUT2D eigenvalue weighted by Crippen LogP contribution is 2.25. The number of nitrogens with zero attached hydrogens (tertiary/aromatic N) is 2. The minimum atomic E-state index is -0.113. The molecule has 0 atom stereocenters. The van der Waals surface area contributed by atoms with E-state index in [9.17, 15) is 4.79 Å². The summed E-state index contributed by atoms with van der Waals surface area (Å²) in [5.41, 5.74) is 1.10. The Hall–Kier alpha value is -2.18. The minimum Gasteiger partial charge on any atom is -0.484 e. The summed E-state index contributed by atoms with van der Waals surface area (Å²) in [4.78, 5) is 16.9. The summed E-state index contributed by atoms with van der Waals surface area (Å²) >= 11 is 18.2. The fourth-order valence-corrected chi connectivity index (χ4v) is 3.95. The largest absolute Gasteiger partial charge is 0.484 e. The SMILES string of the molecule is O=C(c1ccc(COc2ccccc2Cl)o1)N1CCN(Cc2ccc(Cl)c(Cl)c2)CC1. The molecule has 1 aliphatic rings. The number of para-hydroxylation sites is 1. The number of furan rings is 1. The van der Waals surface area contributed by atoms with E-state index in [1.165, 1.54) is 0 Å². The van der Waals surface area contributed by atoms with Gasteiger partial charge in [0.15, 0.2) is 5.76 Å². The molecule has 1 saturated heterocycles. The van der Waals surface area contributed by atoms with Crippen LogP contribution in [-0.4, -0.2) is 41.9 Å². The molecular weight excluding hydrogens is 459 g/mol. The van der Waals surface area contributed by atoms with Crippen molar-refractivity contribution in [3.05, 3.63) is 86.7 Å². The molecule has 0 aliphatic carbocycles. The second-order valence-corrected chi connectivity index (χ2v) is 8.52. The molecule has 0 spiro atoms. The van der Waals surface area contributed by atoms with Gasteiger partial charge in [-0.2, -0.15) is 0 Å². The lowest BCUT2D eigenvalue weighted by atomic mass is 10.2. The van der Waals surface area contributed by atoms with Gasteiger partial charge < -0.3 is 14.1 Å². The molecule has 31 heavy (non-hydrogen) atoms. The predicted octanol–water partition coefficient (Wildman–Crippen LogP) is 5.78. The predicted molar refractivity (Wildman–Crippen MR) is 122 cm³/mol. The molecular formula is C23H21Cl3N2O3. The number of hydrogen-bond acceptors (Lipinski definition) is 4. The minimum absolute atomic E-state index is 0.113. The van der Waals surface area contributed by atoms with Gasteiger partial charge in [0.2, 0.25) is 0 Å². The Morgan fingerprint density at radius 2 is 1.68 bits per heavy atom. The molecule has 0 unspecified atom stereocenters. The van der Waals surface area contributed by atoms with Crippen LogP contribution in [0, 0.1) is 0 Å². The van der Waals surface area contributed by atoms with Gasteiger partial charge in [-0.05, 0) is 42.0 Å². The first-order valence-corrected chi connectivity index (χ1v) is 11.0. The molecule has 4 rings (SSSR count). The van der Waals surface area contributed by atoms with Crippen molar-refractivity contribution < 1.29 is 13.9 Å². The molecule has 1 aromatic heterocycles. The highest BCUT2D eigenvalue weighted by atomic mass is 35.5. The number of carbonyl (C=O) groups is 1. The van der Waals surface area contributed by atoms with Crippen LogP contribution in [0.25, 0.3) is 0 Å². The Morgan fingerprint density at radius 1 is 0.903 bits per heavy atom. The van der Waals surface area contributed by atoms with E-state index in [1.54, 1.807) is 24.3 Å². The molecule has 0 N–H and O–H groups in total. The van der Waals surface area contributed by atoms with E-state index >= 15 is 0 Å². The van der Waals surface area contributed by atoms with Crippen molar-refractivity contribution in [3.8, 4) is 5.75 Å². The highest BCUT2D eigenvalue weighted by Gasteiger charge is 2.24. The summed E-state index contributed by atoms with van der Waals surface area (Å²) in [6.45, 7) is 3.78. The van der Waals surface area contributed by atoms with E-state index < -0.39 is 0 Å². The van der Waals surface area contributed by atoms with E-state index in [4.69, 9.17) is 44.0 Å². The maximum absolute atomic E-state index is 12.8. The lowest BCUT2D eigenvalue weighted by Crippen LogP contribution is -2.48. The molecule has 1 fully saturated rings. The Bertz CT molecular complexity index is 1060. The molecule has 3 aromatic rings. The zero-order valence-electron chi connectivity index (χ0n) is 16.7. The van der Waals surface area contributed by atoms with Crippen molar-refractivity contribution in [1.82, 2.24) is 9.80 Å². The Kier molecular flexibility index (Phi) is 7.08. The Labute approximate surface area is 196 Å². The number of rotatable bonds is 6. The molecule has 5 nitrogen and oxygen atoms in total. The smallest absolute Gasteiger partial charge is 0.289 e. The third-order valence-corrected chi connectivity index (χ3v) is 6.18. The van der Waals surface area contributed by atoms with E-state index in [1.807, 2.05) is 35.2 Å². The lowest BCUT2D eigenvalue weighted by molar-refractivity contribution is 0.0594. The summed E-state index contributed by atoms with van der Waals surface area (Å²) in [7, 11) is 0. The summed E-state index contributed by atoms with van der Waals surface area (Å²) in [6, 6.07) is 16.3. The van der Waals surface area contributed by atoms with Crippen LogP contribution in [0.15, 0.2) is 59.0 Å². The third-order valence-electron chi connectivity index (χ3n) is 5.13. The topological polar surface area (TPSA) is 45.9 Å². The standard InChI is InChI=1S/C23H21Cl3N2O3/c24-18-7-5-16(13-20(18)26)14-27-9-11-28(12-10-27)23(29)22-8-6-17(31-22)15-30-21-4-2-1-3-19(21)25/h1-8,13H,9-12,14-15H2. The molecule has 0 radical (unpaired) electrons. The molecule has 1 amide bonds. The van der Waals surface area contributed by atoms with Gasteiger partial charge in [-0.15, -0.1) is 0 Å². The van der Waals surface area contributed by atoms with Crippen molar-refractivity contribution in [2.24, 2.45) is 0 Å². The highest BCUT2D eigenvalue weighted by molar-refractivity contribution is 6.42. The summed E-state index contributed by atoms with van der Waals surface area (Å²) in [5, 5.41) is 1.64. The van der Waals surface area contributed by atoms with E-state index in [0.717, 1.165) is 25.2 Å².